The first kappa shape index (κ1) is 10.5. The minimum absolute atomic E-state index is 0.137. The van der Waals surface area contributed by atoms with Crippen LogP contribution in [-0.4, -0.2) is 24.4 Å². The smallest absolute Gasteiger partial charge is 0.306 e. The van der Waals surface area contributed by atoms with E-state index in [1.54, 1.807) is 0 Å². The highest BCUT2D eigenvalue weighted by atomic mass is 16.6. The third kappa shape index (κ3) is 2.30. The first-order valence-corrected chi connectivity index (χ1v) is 5.69. The van der Waals surface area contributed by atoms with Crippen LogP contribution >= 0.6 is 0 Å². The van der Waals surface area contributed by atoms with Gasteiger partial charge in [0.25, 0.3) is 0 Å². The highest BCUT2D eigenvalue weighted by Crippen LogP contribution is 2.33. The first-order valence-electron chi connectivity index (χ1n) is 5.69. The number of ether oxygens (including phenoxy) is 1. The van der Waals surface area contributed by atoms with Gasteiger partial charge in [0.15, 0.2) is 0 Å². The summed E-state index contributed by atoms with van der Waals surface area (Å²) in [6.07, 6.45) is 4.97. The van der Waals surface area contributed by atoms with E-state index >= 15 is 0 Å². The molecule has 1 aliphatic heterocycles. The lowest BCUT2D eigenvalue weighted by Gasteiger charge is -2.08. The molecule has 0 saturated heterocycles. The van der Waals surface area contributed by atoms with Crippen LogP contribution in [0.2, 0.25) is 0 Å². The van der Waals surface area contributed by atoms with Crippen LogP contribution in [0, 0.1) is 5.92 Å². The van der Waals surface area contributed by atoms with Gasteiger partial charge in [0.2, 0.25) is 0 Å². The van der Waals surface area contributed by atoms with E-state index < -0.39 is 0 Å². The second-order valence-corrected chi connectivity index (χ2v) is 4.17. The lowest BCUT2D eigenvalue weighted by atomic mass is 10.0. The molecule has 0 amide bonds. The average Bonchev–Trinajstić information content (AvgIpc) is 2.77. The van der Waals surface area contributed by atoms with Crippen molar-refractivity contribution in [2.24, 2.45) is 11.1 Å². The number of hydrogen-bond acceptors (Lipinski definition) is 4. The van der Waals surface area contributed by atoms with Crippen LogP contribution in [0.5, 0.6) is 0 Å². The van der Waals surface area contributed by atoms with Crippen LogP contribution in [0.4, 0.5) is 0 Å². The van der Waals surface area contributed by atoms with E-state index in [-0.39, 0.29) is 12.1 Å². The van der Waals surface area contributed by atoms with Crippen molar-refractivity contribution in [3.8, 4) is 0 Å². The van der Waals surface area contributed by atoms with E-state index in [2.05, 4.69) is 5.16 Å². The Hall–Kier alpha value is -1.06. The fourth-order valence-corrected chi connectivity index (χ4v) is 2.20. The van der Waals surface area contributed by atoms with Crippen molar-refractivity contribution < 1.29 is 14.4 Å². The molecule has 2 aliphatic rings. The molecule has 4 heteroatoms. The Morgan fingerprint density at radius 2 is 2.47 bits per heavy atom. The van der Waals surface area contributed by atoms with Crippen LogP contribution in [0.15, 0.2) is 5.16 Å². The molecular formula is C11H17NO3. The van der Waals surface area contributed by atoms with E-state index in [4.69, 9.17) is 9.57 Å². The van der Waals surface area contributed by atoms with Gasteiger partial charge in [-0.05, 0) is 25.7 Å². The standard InChI is InChI=1S/C11H17NO3/c1-2-4-11(13)14-7-9-8-5-3-6-10(8)15-12-9/h8,10H,2-7H2,1H3/t8-,10-/m0/s1. The molecule has 0 unspecified atom stereocenters. The fraction of sp³-hybridized carbons (Fsp3) is 0.818. The maximum Gasteiger partial charge on any atom is 0.306 e. The Kier molecular flexibility index (Phi) is 3.23. The summed E-state index contributed by atoms with van der Waals surface area (Å²) < 4.78 is 5.12. The van der Waals surface area contributed by atoms with Gasteiger partial charge in [0.05, 0.1) is 0 Å². The second kappa shape index (κ2) is 4.64. The monoisotopic (exact) mass is 211 g/mol. The number of oxime groups is 1. The number of hydrogen-bond donors (Lipinski definition) is 0. The van der Waals surface area contributed by atoms with E-state index in [0.717, 1.165) is 25.0 Å². The van der Waals surface area contributed by atoms with Gasteiger partial charge in [-0.2, -0.15) is 0 Å². The third-order valence-electron chi connectivity index (χ3n) is 3.02. The van der Waals surface area contributed by atoms with Crippen molar-refractivity contribution in [1.29, 1.82) is 0 Å². The molecule has 0 aromatic heterocycles. The molecule has 15 heavy (non-hydrogen) atoms. The molecule has 0 aromatic rings. The van der Waals surface area contributed by atoms with Gasteiger partial charge in [-0.3, -0.25) is 4.79 Å². The van der Waals surface area contributed by atoms with Gasteiger partial charge < -0.3 is 9.57 Å². The zero-order chi connectivity index (χ0) is 10.7. The maximum atomic E-state index is 11.2. The minimum Gasteiger partial charge on any atom is -0.459 e. The summed E-state index contributed by atoms with van der Waals surface area (Å²) in [5, 5.41) is 3.99. The summed E-state index contributed by atoms with van der Waals surface area (Å²) in [4.78, 5) is 16.5. The molecule has 1 fully saturated rings. The van der Waals surface area contributed by atoms with E-state index in [0.29, 0.717) is 18.9 Å². The molecule has 0 spiro atoms. The van der Waals surface area contributed by atoms with Crippen molar-refractivity contribution >= 4 is 11.7 Å². The van der Waals surface area contributed by atoms with E-state index in [9.17, 15) is 4.79 Å². The topological polar surface area (TPSA) is 47.9 Å². The highest BCUT2D eigenvalue weighted by Gasteiger charge is 2.38. The van der Waals surface area contributed by atoms with Crippen LogP contribution < -0.4 is 0 Å². The van der Waals surface area contributed by atoms with Crippen LogP contribution in [0.1, 0.15) is 39.0 Å². The van der Waals surface area contributed by atoms with Gasteiger partial charge in [-0.25, -0.2) is 0 Å². The molecule has 4 nitrogen and oxygen atoms in total. The molecule has 0 radical (unpaired) electrons. The van der Waals surface area contributed by atoms with Gasteiger partial charge in [0.1, 0.15) is 18.4 Å². The number of carbonyl (C=O) groups is 1. The molecule has 0 bridgehead atoms. The average molecular weight is 211 g/mol. The molecule has 1 aliphatic carbocycles. The van der Waals surface area contributed by atoms with Crippen molar-refractivity contribution in [1.82, 2.24) is 0 Å². The van der Waals surface area contributed by atoms with Gasteiger partial charge in [0, 0.05) is 12.3 Å². The molecular weight excluding hydrogens is 194 g/mol. The summed E-state index contributed by atoms with van der Waals surface area (Å²) in [5.74, 6) is 0.265. The van der Waals surface area contributed by atoms with E-state index in [1.807, 2.05) is 6.92 Å². The molecule has 2 atom stereocenters. The van der Waals surface area contributed by atoms with Crippen LogP contribution in [0.3, 0.4) is 0 Å². The summed E-state index contributed by atoms with van der Waals surface area (Å²) in [6, 6.07) is 0. The molecule has 0 aromatic carbocycles. The molecule has 84 valence electrons. The number of rotatable bonds is 4. The van der Waals surface area contributed by atoms with Gasteiger partial charge >= 0.3 is 5.97 Å². The Morgan fingerprint density at radius 3 is 3.27 bits per heavy atom. The van der Waals surface area contributed by atoms with Crippen LogP contribution in [0.25, 0.3) is 0 Å². The number of nitrogens with zero attached hydrogens (tertiary/aromatic N) is 1. The van der Waals surface area contributed by atoms with Crippen molar-refractivity contribution in [2.45, 2.75) is 45.1 Å². The predicted molar refractivity (Wildman–Crippen MR) is 55.5 cm³/mol. The van der Waals surface area contributed by atoms with Crippen LogP contribution in [-0.2, 0) is 14.4 Å². The molecule has 1 heterocycles. The highest BCUT2D eigenvalue weighted by molar-refractivity contribution is 5.90. The van der Waals surface area contributed by atoms with E-state index in [1.165, 1.54) is 6.42 Å². The third-order valence-corrected chi connectivity index (χ3v) is 3.02. The Morgan fingerprint density at radius 1 is 1.60 bits per heavy atom. The van der Waals surface area contributed by atoms with Crippen molar-refractivity contribution in [2.75, 3.05) is 6.61 Å². The number of fused-ring (bicyclic) bond motifs is 1. The fourth-order valence-electron chi connectivity index (χ4n) is 2.20. The lowest BCUT2D eigenvalue weighted by molar-refractivity contribution is -0.142. The number of esters is 1. The summed E-state index contributed by atoms with van der Waals surface area (Å²) in [7, 11) is 0. The predicted octanol–water partition coefficient (Wildman–Crippen LogP) is 1.88. The quantitative estimate of drug-likeness (QED) is 0.667. The summed E-state index contributed by atoms with van der Waals surface area (Å²) in [6.45, 7) is 2.28. The summed E-state index contributed by atoms with van der Waals surface area (Å²) >= 11 is 0. The van der Waals surface area contributed by atoms with Crippen molar-refractivity contribution in [3.63, 3.8) is 0 Å². The normalized spacial score (nSPS) is 28.2. The maximum absolute atomic E-state index is 11.2. The minimum atomic E-state index is -0.137. The zero-order valence-corrected chi connectivity index (χ0v) is 9.07. The largest absolute Gasteiger partial charge is 0.459 e. The lowest BCUT2D eigenvalue weighted by Crippen LogP contribution is -2.22. The Bertz CT molecular complexity index is 275. The molecule has 2 rings (SSSR count). The molecule has 0 N–H and O–H groups in total. The number of carbonyl (C=O) groups excluding carboxylic acids is 1. The zero-order valence-electron chi connectivity index (χ0n) is 9.07. The molecule has 1 saturated carbocycles. The van der Waals surface area contributed by atoms with Crippen molar-refractivity contribution in [3.05, 3.63) is 0 Å². The second-order valence-electron chi connectivity index (χ2n) is 4.17. The first-order chi connectivity index (χ1) is 7.31. The van der Waals surface area contributed by atoms with Gasteiger partial charge in [-0.15, -0.1) is 0 Å². The Labute approximate surface area is 89.6 Å². The Balaban J connectivity index is 1.78. The van der Waals surface area contributed by atoms with Gasteiger partial charge in [-0.1, -0.05) is 12.1 Å². The SMILES string of the molecule is CCCC(=O)OCC1=NO[C@H]2CCC[C@@H]12. The summed E-state index contributed by atoms with van der Waals surface area (Å²) in [5.41, 5.74) is 0.918.